The van der Waals surface area contributed by atoms with E-state index in [-0.39, 0.29) is 29.8 Å². The molecule has 0 aliphatic heterocycles. The maximum absolute atomic E-state index is 11.8. The summed E-state index contributed by atoms with van der Waals surface area (Å²) in [5.41, 5.74) is 0.0664. The van der Waals surface area contributed by atoms with Gasteiger partial charge >= 0.3 is 0 Å². The summed E-state index contributed by atoms with van der Waals surface area (Å²) < 4.78 is 4.97. The number of benzene rings is 1. The van der Waals surface area contributed by atoms with E-state index in [0.717, 1.165) is 0 Å². The van der Waals surface area contributed by atoms with E-state index in [4.69, 9.17) is 4.74 Å². The molecule has 0 aliphatic carbocycles. The standard InChI is InChI=1S/C13H18N2O4/c1-8(2)15-12(17)7-14-13(18)10-6-9(19-3)4-5-11(10)16/h4-6,8,16H,7H2,1-3H3,(H,14,18)(H,15,17). The van der Waals surface area contributed by atoms with E-state index in [9.17, 15) is 14.7 Å². The van der Waals surface area contributed by atoms with E-state index >= 15 is 0 Å². The Hall–Kier alpha value is -2.24. The third kappa shape index (κ3) is 4.50. The Kier molecular flexibility index (Phi) is 5.17. The highest BCUT2D eigenvalue weighted by Crippen LogP contribution is 2.22. The third-order valence-electron chi connectivity index (χ3n) is 2.31. The number of hydrogen-bond acceptors (Lipinski definition) is 4. The van der Waals surface area contributed by atoms with Crippen molar-refractivity contribution in [2.75, 3.05) is 13.7 Å². The van der Waals surface area contributed by atoms with Gasteiger partial charge in [0.15, 0.2) is 0 Å². The van der Waals surface area contributed by atoms with Crippen LogP contribution in [0.4, 0.5) is 0 Å². The Morgan fingerprint density at radius 3 is 2.63 bits per heavy atom. The number of ether oxygens (including phenoxy) is 1. The summed E-state index contributed by atoms with van der Waals surface area (Å²) in [6.45, 7) is 3.51. The van der Waals surface area contributed by atoms with Crippen LogP contribution >= 0.6 is 0 Å². The number of nitrogens with one attached hydrogen (secondary N) is 2. The lowest BCUT2D eigenvalue weighted by atomic mass is 10.1. The van der Waals surface area contributed by atoms with Gasteiger partial charge in [-0.3, -0.25) is 9.59 Å². The first kappa shape index (κ1) is 14.8. The molecule has 0 atom stereocenters. The minimum absolute atomic E-state index is 0.00891. The Labute approximate surface area is 111 Å². The zero-order valence-corrected chi connectivity index (χ0v) is 11.2. The fourth-order valence-corrected chi connectivity index (χ4v) is 1.45. The van der Waals surface area contributed by atoms with Crippen LogP contribution in [0.5, 0.6) is 11.5 Å². The lowest BCUT2D eigenvalue weighted by Gasteiger charge is -2.10. The smallest absolute Gasteiger partial charge is 0.255 e. The van der Waals surface area contributed by atoms with Gasteiger partial charge < -0.3 is 20.5 Å². The predicted molar refractivity (Wildman–Crippen MR) is 70.3 cm³/mol. The number of carbonyl (C=O) groups is 2. The van der Waals surface area contributed by atoms with E-state index in [1.807, 2.05) is 13.8 Å². The molecule has 0 fully saturated rings. The van der Waals surface area contributed by atoms with Gasteiger partial charge in [0.05, 0.1) is 19.2 Å². The van der Waals surface area contributed by atoms with Crippen LogP contribution in [0.15, 0.2) is 18.2 Å². The Bertz CT molecular complexity index is 472. The van der Waals surface area contributed by atoms with Gasteiger partial charge in [0.2, 0.25) is 5.91 Å². The molecular formula is C13H18N2O4. The van der Waals surface area contributed by atoms with Crippen molar-refractivity contribution >= 4 is 11.8 Å². The zero-order valence-electron chi connectivity index (χ0n) is 11.2. The molecule has 0 aromatic heterocycles. The number of rotatable bonds is 5. The second-order valence-corrected chi connectivity index (χ2v) is 4.29. The van der Waals surface area contributed by atoms with Gasteiger partial charge in [-0.2, -0.15) is 0 Å². The SMILES string of the molecule is COc1ccc(O)c(C(=O)NCC(=O)NC(C)C)c1. The maximum Gasteiger partial charge on any atom is 0.255 e. The van der Waals surface area contributed by atoms with Crippen LogP contribution in [0.25, 0.3) is 0 Å². The van der Waals surface area contributed by atoms with Crippen LogP contribution in [0.3, 0.4) is 0 Å². The van der Waals surface area contributed by atoms with Crippen molar-refractivity contribution < 1.29 is 19.4 Å². The Balaban J connectivity index is 2.65. The second kappa shape index (κ2) is 6.63. The molecule has 0 saturated carbocycles. The molecule has 0 saturated heterocycles. The highest BCUT2D eigenvalue weighted by molar-refractivity contribution is 5.99. The lowest BCUT2D eigenvalue weighted by molar-refractivity contribution is -0.120. The van der Waals surface area contributed by atoms with Crippen LogP contribution in [0.1, 0.15) is 24.2 Å². The van der Waals surface area contributed by atoms with Crippen molar-refractivity contribution in [1.29, 1.82) is 0 Å². The minimum Gasteiger partial charge on any atom is -0.507 e. The first-order chi connectivity index (χ1) is 8.93. The van der Waals surface area contributed by atoms with E-state index < -0.39 is 5.91 Å². The number of amides is 2. The van der Waals surface area contributed by atoms with Crippen LogP contribution in [-0.2, 0) is 4.79 Å². The maximum atomic E-state index is 11.8. The molecule has 0 heterocycles. The number of aromatic hydroxyl groups is 1. The summed E-state index contributed by atoms with van der Waals surface area (Å²) in [7, 11) is 1.46. The van der Waals surface area contributed by atoms with Crippen LogP contribution in [0.2, 0.25) is 0 Å². The topological polar surface area (TPSA) is 87.7 Å². The molecule has 0 aliphatic rings. The van der Waals surface area contributed by atoms with Gasteiger partial charge in [0.25, 0.3) is 5.91 Å². The first-order valence-corrected chi connectivity index (χ1v) is 5.88. The molecule has 104 valence electrons. The summed E-state index contributed by atoms with van der Waals surface area (Å²) in [6, 6.07) is 4.32. The van der Waals surface area contributed by atoms with Gasteiger partial charge in [0.1, 0.15) is 11.5 Å². The largest absolute Gasteiger partial charge is 0.507 e. The van der Waals surface area contributed by atoms with Crippen molar-refractivity contribution in [3.63, 3.8) is 0 Å². The second-order valence-electron chi connectivity index (χ2n) is 4.29. The fourth-order valence-electron chi connectivity index (χ4n) is 1.45. The predicted octanol–water partition coefficient (Wildman–Crippen LogP) is 0.655. The molecule has 1 aromatic carbocycles. The number of hydrogen-bond donors (Lipinski definition) is 3. The Morgan fingerprint density at radius 1 is 1.37 bits per heavy atom. The van der Waals surface area contributed by atoms with Crippen molar-refractivity contribution in [2.45, 2.75) is 19.9 Å². The molecule has 2 amide bonds. The summed E-state index contributed by atoms with van der Waals surface area (Å²) in [4.78, 5) is 23.2. The van der Waals surface area contributed by atoms with Gasteiger partial charge in [-0.1, -0.05) is 0 Å². The summed E-state index contributed by atoms with van der Waals surface area (Å²) in [5.74, 6) is -0.529. The number of carbonyl (C=O) groups excluding carboxylic acids is 2. The van der Waals surface area contributed by atoms with E-state index in [1.165, 1.54) is 25.3 Å². The quantitative estimate of drug-likeness (QED) is 0.730. The first-order valence-electron chi connectivity index (χ1n) is 5.88. The van der Waals surface area contributed by atoms with Crippen LogP contribution in [0, 0.1) is 0 Å². The van der Waals surface area contributed by atoms with Gasteiger partial charge in [-0.25, -0.2) is 0 Å². The van der Waals surface area contributed by atoms with Crippen molar-refractivity contribution in [1.82, 2.24) is 10.6 Å². The average molecular weight is 266 g/mol. The van der Waals surface area contributed by atoms with Gasteiger partial charge in [-0.15, -0.1) is 0 Å². The van der Waals surface area contributed by atoms with Crippen LogP contribution in [-0.4, -0.2) is 36.6 Å². The van der Waals surface area contributed by atoms with E-state index in [2.05, 4.69) is 10.6 Å². The van der Waals surface area contributed by atoms with Gasteiger partial charge in [-0.05, 0) is 32.0 Å². The molecule has 0 unspecified atom stereocenters. The number of methoxy groups -OCH3 is 1. The van der Waals surface area contributed by atoms with E-state index in [1.54, 1.807) is 0 Å². The summed E-state index contributed by atoms with van der Waals surface area (Å²) >= 11 is 0. The molecular weight excluding hydrogens is 248 g/mol. The molecule has 0 bridgehead atoms. The third-order valence-corrected chi connectivity index (χ3v) is 2.31. The molecule has 6 nitrogen and oxygen atoms in total. The highest BCUT2D eigenvalue weighted by Gasteiger charge is 2.13. The molecule has 0 spiro atoms. The minimum atomic E-state index is -0.532. The normalized spacial score (nSPS) is 10.1. The Morgan fingerprint density at radius 2 is 2.05 bits per heavy atom. The highest BCUT2D eigenvalue weighted by atomic mass is 16.5. The van der Waals surface area contributed by atoms with E-state index in [0.29, 0.717) is 5.75 Å². The van der Waals surface area contributed by atoms with Crippen molar-refractivity contribution in [3.05, 3.63) is 23.8 Å². The number of phenolic OH excluding ortho intramolecular Hbond substituents is 1. The van der Waals surface area contributed by atoms with Crippen LogP contribution < -0.4 is 15.4 Å². The molecule has 19 heavy (non-hydrogen) atoms. The molecule has 6 heteroatoms. The molecule has 0 radical (unpaired) electrons. The number of phenols is 1. The fraction of sp³-hybridized carbons (Fsp3) is 0.385. The summed E-state index contributed by atoms with van der Waals surface area (Å²) in [5, 5.41) is 14.7. The zero-order chi connectivity index (χ0) is 14.4. The van der Waals surface area contributed by atoms with Gasteiger partial charge in [0, 0.05) is 6.04 Å². The average Bonchev–Trinajstić information content (AvgIpc) is 2.35. The monoisotopic (exact) mass is 266 g/mol. The van der Waals surface area contributed by atoms with Crippen molar-refractivity contribution in [3.8, 4) is 11.5 Å². The molecule has 3 N–H and O–H groups in total. The lowest BCUT2D eigenvalue weighted by Crippen LogP contribution is -2.39. The molecule has 1 aromatic rings. The molecule has 1 rings (SSSR count). The van der Waals surface area contributed by atoms with Crippen molar-refractivity contribution in [2.24, 2.45) is 0 Å². The summed E-state index contributed by atoms with van der Waals surface area (Å²) in [6.07, 6.45) is 0.